The van der Waals surface area contributed by atoms with E-state index in [0.29, 0.717) is 5.56 Å². The van der Waals surface area contributed by atoms with Gasteiger partial charge in [0.25, 0.3) is 5.91 Å². The van der Waals surface area contributed by atoms with Crippen LogP contribution in [0.4, 0.5) is 14.6 Å². The number of nitrogens with one attached hydrogen (secondary N) is 1. The van der Waals surface area contributed by atoms with Gasteiger partial charge in [-0.05, 0) is 38.1 Å². The van der Waals surface area contributed by atoms with E-state index in [1.54, 1.807) is 12.1 Å². The number of carbonyl (C=O) groups excluding carboxylic acids is 1. The lowest BCUT2D eigenvalue weighted by Gasteiger charge is -2.19. The molecule has 25 heavy (non-hydrogen) atoms. The third-order valence-electron chi connectivity index (χ3n) is 3.89. The Kier molecular flexibility index (Phi) is 6.41. The molecule has 1 amide bonds. The monoisotopic (exact) mass is 349 g/mol. The van der Waals surface area contributed by atoms with Crippen LogP contribution in [0.15, 0.2) is 36.5 Å². The summed E-state index contributed by atoms with van der Waals surface area (Å²) in [7, 11) is 0. The average Bonchev–Trinajstić information content (AvgIpc) is 2.61. The van der Waals surface area contributed by atoms with Crippen LogP contribution in [0.25, 0.3) is 0 Å². The van der Waals surface area contributed by atoms with Crippen molar-refractivity contribution in [1.29, 1.82) is 0 Å². The standard InChI is InChI=1S/C18H21F2N3O2/c1-3-23(4-2)16-9-8-12(10-21-16)18(25)22-11-15(24)17-13(19)6-5-7-14(17)20/h5-10,15,24H,3-4,11H2,1-2H3,(H,22,25). The maximum Gasteiger partial charge on any atom is 0.252 e. The van der Waals surface area contributed by atoms with Crippen LogP contribution >= 0.6 is 0 Å². The predicted molar refractivity (Wildman–Crippen MR) is 91.4 cm³/mol. The summed E-state index contributed by atoms with van der Waals surface area (Å²) in [6, 6.07) is 6.67. The third-order valence-corrected chi connectivity index (χ3v) is 3.89. The quantitative estimate of drug-likeness (QED) is 0.807. The summed E-state index contributed by atoms with van der Waals surface area (Å²) in [6.07, 6.45) is -0.0490. The van der Waals surface area contributed by atoms with E-state index < -0.39 is 29.2 Å². The number of anilines is 1. The van der Waals surface area contributed by atoms with Crippen molar-refractivity contribution in [3.8, 4) is 0 Å². The van der Waals surface area contributed by atoms with E-state index in [0.717, 1.165) is 31.0 Å². The van der Waals surface area contributed by atoms with E-state index in [4.69, 9.17) is 0 Å². The number of hydrogen-bond acceptors (Lipinski definition) is 4. The molecule has 1 atom stereocenters. The second kappa shape index (κ2) is 8.53. The Hall–Kier alpha value is -2.54. The SMILES string of the molecule is CCN(CC)c1ccc(C(=O)NCC(O)c2c(F)cccc2F)cn1. The van der Waals surface area contributed by atoms with Crippen LogP contribution in [0.5, 0.6) is 0 Å². The maximum absolute atomic E-state index is 13.6. The zero-order valence-corrected chi connectivity index (χ0v) is 14.2. The molecule has 0 aliphatic carbocycles. The van der Waals surface area contributed by atoms with E-state index in [9.17, 15) is 18.7 Å². The lowest BCUT2D eigenvalue weighted by molar-refractivity contribution is 0.0911. The summed E-state index contributed by atoms with van der Waals surface area (Å²) >= 11 is 0. The summed E-state index contributed by atoms with van der Waals surface area (Å²) in [5.41, 5.74) is -0.157. The van der Waals surface area contributed by atoms with Crippen molar-refractivity contribution in [3.05, 3.63) is 59.3 Å². The van der Waals surface area contributed by atoms with Crippen LogP contribution in [0.3, 0.4) is 0 Å². The molecule has 1 heterocycles. The van der Waals surface area contributed by atoms with E-state index in [1.807, 2.05) is 18.7 Å². The minimum absolute atomic E-state index is 0.303. The van der Waals surface area contributed by atoms with Crippen molar-refractivity contribution in [2.75, 3.05) is 24.5 Å². The van der Waals surface area contributed by atoms with E-state index in [1.165, 1.54) is 12.3 Å². The molecule has 1 aromatic heterocycles. The number of halogens is 2. The second-order valence-electron chi connectivity index (χ2n) is 5.44. The first-order valence-corrected chi connectivity index (χ1v) is 8.09. The molecule has 0 spiro atoms. The Morgan fingerprint density at radius 1 is 1.20 bits per heavy atom. The minimum atomic E-state index is -1.48. The van der Waals surface area contributed by atoms with E-state index >= 15 is 0 Å². The van der Waals surface area contributed by atoms with Crippen LogP contribution < -0.4 is 10.2 Å². The van der Waals surface area contributed by atoms with Gasteiger partial charge in [-0.2, -0.15) is 0 Å². The van der Waals surface area contributed by atoms with Crippen molar-refractivity contribution in [3.63, 3.8) is 0 Å². The van der Waals surface area contributed by atoms with Gasteiger partial charge in [0.1, 0.15) is 23.6 Å². The van der Waals surface area contributed by atoms with Crippen molar-refractivity contribution < 1.29 is 18.7 Å². The van der Waals surface area contributed by atoms with Gasteiger partial charge in [0.2, 0.25) is 0 Å². The number of carbonyl (C=O) groups is 1. The number of aliphatic hydroxyl groups excluding tert-OH is 1. The molecule has 0 saturated carbocycles. The number of aliphatic hydroxyl groups is 1. The fraction of sp³-hybridized carbons (Fsp3) is 0.333. The van der Waals surface area contributed by atoms with Gasteiger partial charge in [-0.3, -0.25) is 4.79 Å². The molecule has 0 aliphatic heterocycles. The molecule has 0 fully saturated rings. The third kappa shape index (κ3) is 4.51. The Morgan fingerprint density at radius 3 is 2.36 bits per heavy atom. The summed E-state index contributed by atoms with van der Waals surface area (Å²) in [5, 5.41) is 12.4. The lowest BCUT2D eigenvalue weighted by Crippen LogP contribution is -2.29. The molecule has 0 bridgehead atoms. The van der Waals surface area contributed by atoms with Crippen LogP contribution in [0.2, 0.25) is 0 Å². The zero-order chi connectivity index (χ0) is 18.4. The number of nitrogens with zero attached hydrogens (tertiary/aromatic N) is 2. The van der Waals surface area contributed by atoms with Gasteiger partial charge in [0.15, 0.2) is 0 Å². The van der Waals surface area contributed by atoms with Crippen LogP contribution in [-0.4, -0.2) is 35.6 Å². The van der Waals surface area contributed by atoms with Gasteiger partial charge in [-0.15, -0.1) is 0 Å². The molecule has 0 aliphatic rings. The van der Waals surface area contributed by atoms with Gasteiger partial charge in [-0.25, -0.2) is 13.8 Å². The van der Waals surface area contributed by atoms with Gasteiger partial charge in [-0.1, -0.05) is 6.07 Å². The topological polar surface area (TPSA) is 65.5 Å². The van der Waals surface area contributed by atoms with Gasteiger partial charge in [0.05, 0.1) is 11.1 Å². The van der Waals surface area contributed by atoms with Crippen LogP contribution in [-0.2, 0) is 0 Å². The first kappa shape index (κ1) is 18.8. The summed E-state index contributed by atoms with van der Waals surface area (Å²) < 4.78 is 27.2. The average molecular weight is 349 g/mol. The van der Waals surface area contributed by atoms with E-state index in [-0.39, 0.29) is 6.54 Å². The highest BCUT2D eigenvalue weighted by atomic mass is 19.1. The lowest BCUT2D eigenvalue weighted by atomic mass is 10.1. The van der Waals surface area contributed by atoms with E-state index in [2.05, 4.69) is 10.3 Å². The number of amides is 1. The molecular weight excluding hydrogens is 328 g/mol. The molecular formula is C18H21F2N3O2. The van der Waals surface area contributed by atoms with Crippen molar-refractivity contribution in [2.24, 2.45) is 0 Å². The number of pyridine rings is 1. The van der Waals surface area contributed by atoms with Crippen molar-refractivity contribution in [1.82, 2.24) is 10.3 Å². The zero-order valence-electron chi connectivity index (χ0n) is 14.2. The summed E-state index contributed by atoms with van der Waals surface area (Å²) in [6.45, 7) is 5.31. The smallest absolute Gasteiger partial charge is 0.252 e. The number of hydrogen-bond donors (Lipinski definition) is 2. The molecule has 0 radical (unpaired) electrons. The van der Waals surface area contributed by atoms with Crippen LogP contribution in [0, 0.1) is 11.6 Å². The second-order valence-corrected chi connectivity index (χ2v) is 5.44. The predicted octanol–water partition coefficient (Wildman–Crippen LogP) is 2.67. The highest BCUT2D eigenvalue weighted by Gasteiger charge is 2.19. The largest absolute Gasteiger partial charge is 0.386 e. The van der Waals surface area contributed by atoms with Gasteiger partial charge < -0.3 is 15.3 Å². The molecule has 2 N–H and O–H groups in total. The molecule has 2 rings (SSSR count). The first-order chi connectivity index (χ1) is 12.0. The highest BCUT2D eigenvalue weighted by Crippen LogP contribution is 2.20. The highest BCUT2D eigenvalue weighted by molar-refractivity contribution is 5.94. The molecule has 7 heteroatoms. The maximum atomic E-state index is 13.6. The number of aromatic nitrogens is 1. The summed E-state index contributed by atoms with van der Waals surface area (Å²) in [5.74, 6) is -1.43. The Morgan fingerprint density at radius 2 is 1.84 bits per heavy atom. The molecule has 2 aromatic rings. The van der Waals surface area contributed by atoms with Crippen LogP contribution in [0.1, 0.15) is 35.9 Å². The minimum Gasteiger partial charge on any atom is -0.386 e. The van der Waals surface area contributed by atoms with Crippen molar-refractivity contribution >= 4 is 11.7 Å². The molecule has 0 saturated heterocycles. The molecule has 1 aromatic carbocycles. The molecule has 134 valence electrons. The van der Waals surface area contributed by atoms with Gasteiger partial charge >= 0.3 is 0 Å². The molecule has 1 unspecified atom stereocenters. The van der Waals surface area contributed by atoms with Crippen molar-refractivity contribution in [2.45, 2.75) is 20.0 Å². The Labute approximate surface area is 145 Å². The Bertz CT molecular complexity index is 699. The fourth-order valence-electron chi connectivity index (χ4n) is 2.48. The summed E-state index contributed by atoms with van der Waals surface area (Å²) in [4.78, 5) is 18.4. The number of rotatable bonds is 7. The number of benzene rings is 1. The Balaban J connectivity index is 2.00. The normalized spacial score (nSPS) is 11.9. The first-order valence-electron chi connectivity index (χ1n) is 8.09. The van der Waals surface area contributed by atoms with Gasteiger partial charge in [0, 0.05) is 25.8 Å². The fourth-order valence-corrected chi connectivity index (χ4v) is 2.48. The molecule has 5 nitrogen and oxygen atoms in total.